The molecule has 4 N–H and O–H groups in total. The number of anilines is 1. The van der Waals surface area contributed by atoms with E-state index < -0.39 is 28.9 Å². The SMILES string of the molecule is Nc1c(C(=O)NO)cccc1C(F)(F)F. The topological polar surface area (TPSA) is 75.4 Å². The lowest BCUT2D eigenvalue weighted by atomic mass is 10.1. The summed E-state index contributed by atoms with van der Waals surface area (Å²) in [5.41, 5.74) is 4.13. The van der Waals surface area contributed by atoms with Gasteiger partial charge in [0, 0.05) is 0 Å². The minimum Gasteiger partial charge on any atom is -0.398 e. The Morgan fingerprint density at radius 3 is 2.47 bits per heavy atom. The Kier molecular flexibility index (Phi) is 2.85. The zero-order valence-corrected chi connectivity index (χ0v) is 7.30. The summed E-state index contributed by atoms with van der Waals surface area (Å²) in [6, 6.07) is 2.86. The highest BCUT2D eigenvalue weighted by atomic mass is 19.4. The van der Waals surface area contributed by atoms with Gasteiger partial charge in [0.1, 0.15) is 0 Å². The number of benzene rings is 1. The van der Waals surface area contributed by atoms with Crippen LogP contribution in [0.15, 0.2) is 18.2 Å². The molecule has 4 nitrogen and oxygen atoms in total. The Hall–Kier alpha value is -1.76. The summed E-state index contributed by atoms with van der Waals surface area (Å²) in [4.78, 5) is 10.9. The lowest BCUT2D eigenvalue weighted by molar-refractivity contribution is -0.136. The maximum atomic E-state index is 12.3. The van der Waals surface area contributed by atoms with Crippen molar-refractivity contribution in [3.05, 3.63) is 29.3 Å². The van der Waals surface area contributed by atoms with Crippen LogP contribution < -0.4 is 11.2 Å². The summed E-state index contributed by atoms with van der Waals surface area (Å²) in [5, 5.41) is 8.27. The van der Waals surface area contributed by atoms with Crippen molar-refractivity contribution in [2.45, 2.75) is 6.18 Å². The van der Waals surface area contributed by atoms with Gasteiger partial charge in [0.15, 0.2) is 0 Å². The highest BCUT2D eigenvalue weighted by Crippen LogP contribution is 2.34. The van der Waals surface area contributed by atoms with E-state index in [9.17, 15) is 18.0 Å². The van der Waals surface area contributed by atoms with E-state index in [1.807, 2.05) is 0 Å². The maximum Gasteiger partial charge on any atom is 0.418 e. The summed E-state index contributed by atoms with van der Waals surface area (Å²) in [5.74, 6) is -1.08. The molecule has 0 heterocycles. The molecule has 1 amide bonds. The molecule has 0 saturated carbocycles. The monoisotopic (exact) mass is 220 g/mol. The first kappa shape index (κ1) is 11.3. The van der Waals surface area contributed by atoms with Crippen molar-refractivity contribution in [2.24, 2.45) is 0 Å². The number of nitrogens with two attached hydrogens (primary N) is 1. The van der Waals surface area contributed by atoms with Gasteiger partial charge in [-0.1, -0.05) is 6.07 Å². The predicted molar refractivity (Wildman–Crippen MR) is 45.1 cm³/mol. The van der Waals surface area contributed by atoms with Gasteiger partial charge in [-0.2, -0.15) is 13.2 Å². The molecule has 0 fully saturated rings. The Morgan fingerprint density at radius 1 is 1.40 bits per heavy atom. The number of amides is 1. The van der Waals surface area contributed by atoms with E-state index in [1.165, 1.54) is 5.48 Å². The highest BCUT2D eigenvalue weighted by Gasteiger charge is 2.34. The molecular formula is C8H7F3N2O2. The molecule has 0 radical (unpaired) electrons. The molecule has 0 spiro atoms. The Balaban J connectivity index is 3.30. The zero-order chi connectivity index (χ0) is 11.6. The van der Waals surface area contributed by atoms with Crippen LogP contribution in [0.3, 0.4) is 0 Å². The second-order valence-corrected chi connectivity index (χ2v) is 2.71. The van der Waals surface area contributed by atoms with Crippen LogP contribution in [0.2, 0.25) is 0 Å². The fourth-order valence-electron chi connectivity index (χ4n) is 1.07. The van der Waals surface area contributed by atoms with Crippen LogP contribution in [0.4, 0.5) is 18.9 Å². The fraction of sp³-hybridized carbons (Fsp3) is 0.125. The largest absolute Gasteiger partial charge is 0.418 e. The third kappa shape index (κ3) is 2.18. The standard InChI is InChI=1S/C8H7F3N2O2/c9-8(10,11)5-3-1-2-4(6(5)12)7(14)13-15/h1-3,15H,12H2,(H,13,14). The Bertz CT molecular complexity index is 390. The number of nitrogens with one attached hydrogen (secondary N) is 1. The Labute approximate surface area is 82.5 Å². The van der Waals surface area contributed by atoms with Crippen molar-refractivity contribution < 1.29 is 23.2 Å². The van der Waals surface area contributed by atoms with Crippen LogP contribution in [-0.4, -0.2) is 11.1 Å². The molecule has 0 aliphatic carbocycles. The summed E-state index contributed by atoms with van der Waals surface area (Å²) >= 11 is 0. The molecule has 0 unspecified atom stereocenters. The highest BCUT2D eigenvalue weighted by molar-refractivity contribution is 5.99. The molecule has 1 aromatic carbocycles. The minimum atomic E-state index is -4.63. The molecular weight excluding hydrogens is 213 g/mol. The number of alkyl halides is 3. The van der Waals surface area contributed by atoms with Crippen molar-refractivity contribution in [1.29, 1.82) is 0 Å². The molecule has 15 heavy (non-hydrogen) atoms. The molecule has 0 bridgehead atoms. The molecule has 0 atom stereocenters. The molecule has 1 rings (SSSR count). The number of para-hydroxylation sites is 1. The molecule has 1 aromatic rings. The smallest absolute Gasteiger partial charge is 0.398 e. The van der Waals surface area contributed by atoms with E-state index >= 15 is 0 Å². The van der Waals surface area contributed by atoms with Gasteiger partial charge in [0.05, 0.1) is 16.8 Å². The normalized spacial score (nSPS) is 11.2. The van der Waals surface area contributed by atoms with Gasteiger partial charge in [-0.05, 0) is 12.1 Å². The third-order valence-electron chi connectivity index (χ3n) is 1.76. The number of hydrogen-bond acceptors (Lipinski definition) is 3. The van der Waals surface area contributed by atoms with Crippen LogP contribution in [0, 0.1) is 0 Å². The van der Waals surface area contributed by atoms with E-state index in [0.29, 0.717) is 0 Å². The number of carbonyl (C=O) groups excluding carboxylic acids is 1. The van der Waals surface area contributed by atoms with Gasteiger partial charge in [0.2, 0.25) is 0 Å². The van der Waals surface area contributed by atoms with Crippen LogP contribution in [-0.2, 0) is 6.18 Å². The van der Waals surface area contributed by atoms with Crippen molar-refractivity contribution in [1.82, 2.24) is 5.48 Å². The lowest BCUT2D eigenvalue weighted by Crippen LogP contribution is -2.21. The average molecular weight is 220 g/mol. The van der Waals surface area contributed by atoms with E-state index in [-0.39, 0.29) is 0 Å². The molecule has 0 aliphatic rings. The summed E-state index contributed by atoms with van der Waals surface area (Å²) in [6.07, 6.45) is -4.63. The lowest BCUT2D eigenvalue weighted by Gasteiger charge is -2.12. The molecule has 7 heteroatoms. The van der Waals surface area contributed by atoms with Crippen LogP contribution in [0.5, 0.6) is 0 Å². The van der Waals surface area contributed by atoms with Crippen molar-refractivity contribution in [3.63, 3.8) is 0 Å². The second kappa shape index (κ2) is 3.77. The number of hydroxylamine groups is 1. The van der Waals surface area contributed by atoms with Crippen molar-refractivity contribution in [2.75, 3.05) is 5.73 Å². The van der Waals surface area contributed by atoms with Crippen molar-refractivity contribution in [3.8, 4) is 0 Å². The number of halogens is 3. The Morgan fingerprint density at radius 2 is 2.00 bits per heavy atom. The van der Waals surface area contributed by atoms with Crippen LogP contribution in [0.1, 0.15) is 15.9 Å². The second-order valence-electron chi connectivity index (χ2n) is 2.71. The van der Waals surface area contributed by atoms with E-state index in [0.717, 1.165) is 18.2 Å². The van der Waals surface area contributed by atoms with Gasteiger partial charge >= 0.3 is 6.18 Å². The van der Waals surface area contributed by atoms with Gasteiger partial charge < -0.3 is 5.73 Å². The molecule has 82 valence electrons. The van der Waals surface area contributed by atoms with Crippen LogP contribution in [0.25, 0.3) is 0 Å². The first-order chi connectivity index (χ1) is 6.88. The van der Waals surface area contributed by atoms with Gasteiger partial charge in [0.25, 0.3) is 5.91 Å². The van der Waals surface area contributed by atoms with E-state index in [4.69, 9.17) is 10.9 Å². The van der Waals surface area contributed by atoms with E-state index in [2.05, 4.69) is 0 Å². The maximum absolute atomic E-state index is 12.3. The number of nitrogen functional groups attached to an aromatic ring is 1. The number of rotatable bonds is 1. The zero-order valence-electron chi connectivity index (χ0n) is 7.30. The van der Waals surface area contributed by atoms with Gasteiger partial charge in [-0.25, -0.2) is 5.48 Å². The average Bonchev–Trinajstić information content (AvgIpc) is 2.15. The number of carbonyl (C=O) groups is 1. The molecule has 0 aromatic heterocycles. The first-order valence-electron chi connectivity index (χ1n) is 3.78. The number of hydrogen-bond donors (Lipinski definition) is 3. The minimum absolute atomic E-state index is 0.424. The fourth-order valence-corrected chi connectivity index (χ4v) is 1.07. The summed E-state index contributed by atoms with van der Waals surface area (Å²) in [7, 11) is 0. The van der Waals surface area contributed by atoms with Gasteiger partial charge in [-0.3, -0.25) is 10.0 Å². The quantitative estimate of drug-likeness (QED) is 0.380. The predicted octanol–water partition coefficient (Wildman–Crippen LogP) is 1.41. The third-order valence-corrected chi connectivity index (χ3v) is 1.76. The van der Waals surface area contributed by atoms with E-state index in [1.54, 1.807) is 0 Å². The molecule has 0 saturated heterocycles. The van der Waals surface area contributed by atoms with Crippen molar-refractivity contribution >= 4 is 11.6 Å². The van der Waals surface area contributed by atoms with Gasteiger partial charge in [-0.15, -0.1) is 0 Å². The van der Waals surface area contributed by atoms with Crippen LogP contribution >= 0.6 is 0 Å². The molecule has 0 aliphatic heterocycles. The first-order valence-corrected chi connectivity index (χ1v) is 3.78. The summed E-state index contributed by atoms with van der Waals surface area (Å²) < 4.78 is 37.0. The summed E-state index contributed by atoms with van der Waals surface area (Å²) in [6.45, 7) is 0.